The number of anilines is 2. The first-order chi connectivity index (χ1) is 28.5. The summed E-state index contributed by atoms with van der Waals surface area (Å²) in [5, 5.41) is 42.1. The number of aryl methyl sites for hydroxylation is 4. The highest BCUT2D eigenvalue weighted by Crippen LogP contribution is 2.21. The number of nitrogens with one attached hydrogen (secondary N) is 2. The van der Waals surface area contributed by atoms with Gasteiger partial charge in [-0.1, -0.05) is 11.6 Å². The Labute approximate surface area is 350 Å². The second kappa shape index (κ2) is 25.3. The zero-order valence-electron chi connectivity index (χ0n) is 32.9. The molecule has 318 valence electrons. The number of rotatable bonds is 7. The molecule has 0 atom stereocenters. The van der Waals surface area contributed by atoms with Gasteiger partial charge in [0.2, 0.25) is 5.28 Å². The fourth-order valence-corrected chi connectivity index (χ4v) is 4.59. The van der Waals surface area contributed by atoms with Crippen molar-refractivity contribution in [1.29, 1.82) is 15.8 Å². The van der Waals surface area contributed by atoms with Gasteiger partial charge >= 0.3 is 11.7 Å². The van der Waals surface area contributed by atoms with Gasteiger partial charge in [-0.2, -0.15) is 41.2 Å². The maximum absolute atomic E-state index is 11.2. The molecule has 27 heteroatoms. The first kappa shape index (κ1) is 50.1. The van der Waals surface area contributed by atoms with Crippen LogP contribution in [0.2, 0.25) is 10.4 Å². The van der Waals surface area contributed by atoms with Crippen LogP contribution in [-0.2, 0) is 30.9 Å². The summed E-state index contributed by atoms with van der Waals surface area (Å²) < 4.78 is 11.0. The Kier molecular flexibility index (Phi) is 21.1. The lowest BCUT2D eigenvalue weighted by molar-refractivity contribution is 0.100. The van der Waals surface area contributed by atoms with E-state index in [4.69, 9.17) is 61.0 Å². The number of hydrogen-bond donors (Lipinski definition) is 7. The van der Waals surface area contributed by atoms with Gasteiger partial charge in [-0.05, 0) is 46.2 Å². The average Bonchev–Trinajstić information content (AvgIpc) is 4.00. The summed E-state index contributed by atoms with van der Waals surface area (Å²) in [6, 6.07) is 4.43. The molecule has 0 fully saturated rings. The third kappa shape index (κ3) is 14.8. The van der Waals surface area contributed by atoms with Crippen molar-refractivity contribution in [3.05, 3.63) is 79.0 Å². The molecule has 6 heterocycles. The predicted molar refractivity (Wildman–Crippen MR) is 220 cm³/mol. The molecule has 0 radical (unpaired) electrons. The van der Waals surface area contributed by atoms with Crippen molar-refractivity contribution >= 4 is 68.8 Å². The third-order valence-corrected chi connectivity index (χ3v) is 7.38. The number of nitrogens with zero attached hydrogens (tertiary/aromatic N) is 13. The first-order valence-electron chi connectivity index (χ1n) is 17.2. The van der Waals surface area contributed by atoms with Crippen molar-refractivity contribution in [2.45, 2.75) is 60.8 Å². The molecular formula is C33H42Cl2N20O5. The highest BCUT2D eigenvalue weighted by molar-refractivity contribution is 6.35. The predicted octanol–water partition coefficient (Wildman–Crippen LogP) is 1.50. The standard InChI is InChI=1S/C7H6Cl2N4.C7H8N4O2.C6H10N4O.C6H8N4.C6H6N2O.CH4N2O/c1-2-13-6-4(3-10-13)5(8)11-7(9)12-6;1-2-11-5-4(3-8-11)6(12)10-7(13)9-5;1-2-10-5(7)4(3-9-10)6(8)11;1-2-10-6(8)5(3-7)4-9-10;1-2-9-5-6(3-7)4-8;2-1(3)4/h3H,2H2,1H3;3H,2H2,1H3,(H2,9,10,12,13);3H,2,7H2,1H3,(H2,8,11);4H,2,8H2,1H3;5H,2H2,1H3;(H4,2,3,4). The summed E-state index contributed by atoms with van der Waals surface area (Å²) in [6.45, 7) is 12.6. The molecule has 60 heavy (non-hydrogen) atoms. The molecule has 0 spiro atoms. The summed E-state index contributed by atoms with van der Waals surface area (Å²) >= 11 is 11.5. The Hall–Kier alpha value is -7.95. The number of hydrogen-bond acceptors (Lipinski definition) is 16. The highest BCUT2D eigenvalue weighted by atomic mass is 35.5. The Morgan fingerprint density at radius 1 is 0.767 bits per heavy atom. The van der Waals surface area contributed by atoms with E-state index in [1.54, 1.807) is 39.3 Å². The number of aromatic nitrogens is 12. The van der Waals surface area contributed by atoms with Crippen molar-refractivity contribution < 1.29 is 14.3 Å². The molecule has 3 amide bonds. The molecule has 6 rings (SSSR count). The van der Waals surface area contributed by atoms with Crippen LogP contribution in [0.3, 0.4) is 0 Å². The molecule has 25 nitrogen and oxygen atoms in total. The number of halogens is 2. The fourth-order valence-electron chi connectivity index (χ4n) is 4.17. The van der Waals surface area contributed by atoms with Crippen molar-refractivity contribution in [2.24, 2.45) is 17.2 Å². The lowest BCUT2D eigenvalue weighted by Crippen LogP contribution is -2.22. The third-order valence-electron chi connectivity index (χ3n) is 6.92. The quantitative estimate of drug-likeness (QED) is 0.0517. The minimum absolute atomic E-state index is 0.00292. The molecule has 12 N–H and O–H groups in total. The summed E-state index contributed by atoms with van der Waals surface area (Å²) in [5.74, 6) is 0.243. The summed E-state index contributed by atoms with van der Waals surface area (Å²) in [5.41, 5.74) is 25.5. The van der Waals surface area contributed by atoms with E-state index in [2.05, 4.69) is 56.5 Å². The monoisotopic (exact) mass is 868 g/mol. The minimum atomic E-state index is -0.833. The van der Waals surface area contributed by atoms with E-state index in [0.29, 0.717) is 65.3 Å². The number of amides is 3. The van der Waals surface area contributed by atoms with E-state index in [1.165, 1.54) is 23.3 Å². The Bertz CT molecular complexity index is 2610. The van der Waals surface area contributed by atoms with Crippen LogP contribution in [0.15, 0.2) is 46.2 Å². The molecule has 0 aliphatic carbocycles. The van der Waals surface area contributed by atoms with E-state index < -0.39 is 23.2 Å². The van der Waals surface area contributed by atoms with Gasteiger partial charge < -0.3 is 33.4 Å². The molecule has 0 aromatic carbocycles. The fraction of sp³-hybridized carbons (Fsp3) is 0.303. The molecule has 0 aliphatic rings. The molecule has 6 aromatic rings. The van der Waals surface area contributed by atoms with Gasteiger partial charge in [0.25, 0.3) is 11.5 Å². The van der Waals surface area contributed by atoms with Gasteiger partial charge in [-0.25, -0.2) is 33.3 Å². The van der Waals surface area contributed by atoms with E-state index in [1.807, 2.05) is 33.8 Å². The molecule has 6 aromatic heterocycles. The summed E-state index contributed by atoms with van der Waals surface area (Å²) in [7, 11) is 0. The molecule has 0 unspecified atom stereocenters. The lowest BCUT2D eigenvalue weighted by Gasteiger charge is -1.97. The van der Waals surface area contributed by atoms with Crippen LogP contribution in [0.1, 0.15) is 50.5 Å². The zero-order chi connectivity index (χ0) is 45.5. The van der Waals surface area contributed by atoms with Crippen LogP contribution < -0.4 is 39.9 Å². The number of nitriles is 3. The van der Waals surface area contributed by atoms with E-state index in [0.717, 1.165) is 18.2 Å². The Morgan fingerprint density at radius 3 is 1.73 bits per heavy atom. The average molecular weight is 870 g/mol. The van der Waals surface area contributed by atoms with Gasteiger partial charge in [0, 0.05) is 26.2 Å². The van der Waals surface area contributed by atoms with Gasteiger partial charge in [0.1, 0.15) is 63.4 Å². The maximum atomic E-state index is 11.2. The van der Waals surface area contributed by atoms with Crippen LogP contribution in [-0.4, -0.2) is 77.6 Å². The topological polar surface area (TPSA) is 408 Å². The number of nitrogens with two attached hydrogens (primary N) is 5. The second-order valence-electron chi connectivity index (χ2n) is 10.7. The number of primary amides is 3. The van der Waals surface area contributed by atoms with Gasteiger partial charge in [-0.15, -0.1) is 0 Å². The van der Waals surface area contributed by atoms with Crippen molar-refractivity contribution in [3.63, 3.8) is 0 Å². The van der Waals surface area contributed by atoms with Crippen molar-refractivity contribution in [1.82, 2.24) is 59.1 Å². The number of H-pyrrole nitrogens is 2. The molecule has 0 bridgehead atoms. The number of carbonyl (C=O) groups is 2. The van der Waals surface area contributed by atoms with Crippen molar-refractivity contribution in [3.8, 4) is 18.2 Å². The zero-order valence-corrected chi connectivity index (χ0v) is 34.4. The van der Waals surface area contributed by atoms with E-state index >= 15 is 0 Å². The Morgan fingerprint density at radius 2 is 1.28 bits per heavy atom. The largest absolute Gasteiger partial charge is 0.499 e. The van der Waals surface area contributed by atoms with Crippen molar-refractivity contribution in [2.75, 3.05) is 18.1 Å². The number of fused-ring (bicyclic) bond motifs is 2. The van der Waals surface area contributed by atoms with Gasteiger partial charge in [-0.3, -0.25) is 19.6 Å². The van der Waals surface area contributed by atoms with Gasteiger partial charge in [0.05, 0.1) is 36.8 Å². The SMILES string of the molecule is CCOC=C(C#N)C#N.CCn1ncc(C#N)c1N.CCn1ncc(C(N)=O)c1N.CCn1ncc2c(=O)[nH]c(=O)[nH]c21.CCn1ncc2c(Cl)nc(Cl)nc21.NC(N)=O. The molecular weight excluding hydrogens is 827 g/mol. The first-order valence-corrected chi connectivity index (χ1v) is 18.0. The maximum Gasteiger partial charge on any atom is 0.327 e. The number of allylic oxidation sites excluding steroid dienone is 1. The van der Waals surface area contributed by atoms with Crippen LogP contribution >= 0.6 is 23.2 Å². The minimum Gasteiger partial charge on any atom is -0.499 e. The number of nitrogen functional groups attached to an aromatic ring is 2. The number of urea groups is 1. The smallest absolute Gasteiger partial charge is 0.327 e. The normalized spacial score (nSPS) is 9.47. The number of aromatic amines is 2. The lowest BCUT2D eigenvalue weighted by atomic mass is 10.3. The number of ether oxygens (including phenoxy) is 1. The number of carbonyl (C=O) groups excluding carboxylic acids is 2. The van der Waals surface area contributed by atoms with Gasteiger partial charge in [0.15, 0.2) is 11.2 Å². The summed E-state index contributed by atoms with van der Waals surface area (Å²) in [4.78, 5) is 54.3. The summed E-state index contributed by atoms with van der Waals surface area (Å²) in [6.07, 6.45) is 7.07. The van der Waals surface area contributed by atoms with Crippen LogP contribution in [0.4, 0.5) is 16.4 Å². The highest BCUT2D eigenvalue weighted by Gasteiger charge is 2.11. The van der Waals surface area contributed by atoms with Crippen LogP contribution in [0.5, 0.6) is 0 Å². The molecule has 0 saturated heterocycles. The molecule has 0 aliphatic heterocycles. The van der Waals surface area contributed by atoms with Crippen LogP contribution in [0, 0.1) is 34.0 Å². The molecule has 0 saturated carbocycles. The Balaban J connectivity index is 0.000000369. The van der Waals surface area contributed by atoms with E-state index in [-0.39, 0.29) is 16.4 Å². The van der Waals surface area contributed by atoms with E-state index in [9.17, 15) is 14.4 Å². The van der Waals surface area contributed by atoms with Crippen LogP contribution in [0.25, 0.3) is 22.1 Å². The second-order valence-corrected chi connectivity index (χ2v) is 11.4.